The molecule has 0 aromatic carbocycles. The smallest absolute Gasteiger partial charge is 0.0772 e. The van der Waals surface area contributed by atoms with Crippen molar-refractivity contribution in [2.75, 3.05) is 13.7 Å². The molecule has 1 aliphatic rings. The first-order valence-corrected chi connectivity index (χ1v) is 6.25. The van der Waals surface area contributed by atoms with E-state index in [1.807, 2.05) is 7.11 Å². The van der Waals surface area contributed by atoms with E-state index in [2.05, 4.69) is 33.0 Å². The second-order valence-electron chi connectivity index (χ2n) is 5.87. The number of methoxy groups -OCH3 is 1. The van der Waals surface area contributed by atoms with Gasteiger partial charge in [0.1, 0.15) is 0 Å². The van der Waals surface area contributed by atoms with Crippen LogP contribution < -0.4 is 5.32 Å². The first-order valence-electron chi connectivity index (χ1n) is 6.25. The summed E-state index contributed by atoms with van der Waals surface area (Å²) < 4.78 is 5.70. The summed E-state index contributed by atoms with van der Waals surface area (Å²) in [7, 11) is 1.84. The zero-order valence-electron chi connectivity index (χ0n) is 11.0. The summed E-state index contributed by atoms with van der Waals surface area (Å²) in [5.41, 5.74) is 0.219. The van der Waals surface area contributed by atoms with Crippen molar-refractivity contribution in [2.24, 2.45) is 11.3 Å². The molecule has 2 nitrogen and oxygen atoms in total. The lowest BCUT2D eigenvalue weighted by Crippen LogP contribution is -2.48. The van der Waals surface area contributed by atoms with Crippen molar-refractivity contribution in [1.29, 1.82) is 0 Å². The Morgan fingerprint density at radius 2 is 1.93 bits per heavy atom. The quantitative estimate of drug-likeness (QED) is 0.732. The molecule has 90 valence electrons. The Balaban J connectivity index is 2.56. The predicted octanol–water partition coefficient (Wildman–Crippen LogP) is 2.83. The molecule has 1 aliphatic carbocycles. The van der Waals surface area contributed by atoms with Gasteiger partial charge in [-0.15, -0.1) is 0 Å². The van der Waals surface area contributed by atoms with Crippen LogP contribution in [0.4, 0.5) is 0 Å². The molecule has 0 aliphatic heterocycles. The van der Waals surface area contributed by atoms with Crippen LogP contribution in [0.2, 0.25) is 0 Å². The van der Waals surface area contributed by atoms with E-state index in [0.29, 0.717) is 12.1 Å². The van der Waals surface area contributed by atoms with Crippen LogP contribution in [0, 0.1) is 11.3 Å². The van der Waals surface area contributed by atoms with Crippen LogP contribution in [0.25, 0.3) is 0 Å². The van der Waals surface area contributed by atoms with Gasteiger partial charge in [-0.05, 0) is 24.3 Å². The van der Waals surface area contributed by atoms with Crippen LogP contribution in [0.5, 0.6) is 0 Å². The van der Waals surface area contributed by atoms with Gasteiger partial charge in [0.25, 0.3) is 0 Å². The van der Waals surface area contributed by atoms with Crippen LogP contribution >= 0.6 is 0 Å². The lowest BCUT2D eigenvalue weighted by molar-refractivity contribution is -0.0140. The minimum absolute atomic E-state index is 0.219. The fraction of sp³-hybridized carbons (Fsp3) is 1.00. The lowest BCUT2D eigenvalue weighted by atomic mass is 9.82. The number of nitrogens with one attached hydrogen (secondary N) is 1. The largest absolute Gasteiger partial charge is 0.379 e. The Bertz CT molecular complexity index is 181. The molecule has 1 saturated carbocycles. The van der Waals surface area contributed by atoms with E-state index >= 15 is 0 Å². The zero-order chi connectivity index (χ0) is 11.5. The molecule has 0 radical (unpaired) electrons. The highest BCUT2D eigenvalue weighted by molar-refractivity contribution is 4.90. The third-order valence-electron chi connectivity index (χ3n) is 3.22. The van der Waals surface area contributed by atoms with Gasteiger partial charge in [-0.3, -0.25) is 0 Å². The summed E-state index contributed by atoms with van der Waals surface area (Å²) in [5.74, 6) is 0.953. The molecule has 2 atom stereocenters. The molecule has 0 aromatic heterocycles. The Labute approximate surface area is 94.8 Å². The Morgan fingerprint density at radius 1 is 1.33 bits per heavy atom. The number of ether oxygens (including phenoxy) is 1. The second-order valence-corrected chi connectivity index (χ2v) is 5.87. The fourth-order valence-corrected chi connectivity index (χ4v) is 2.41. The molecule has 15 heavy (non-hydrogen) atoms. The molecule has 0 saturated heterocycles. The number of rotatable bonds is 6. The van der Waals surface area contributed by atoms with Crippen molar-refractivity contribution in [3.63, 3.8) is 0 Å². The van der Waals surface area contributed by atoms with Gasteiger partial charge in [0.15, 0.2) is 0 Å². The summed E-state index contributed by atoms with van der Waals surface area (Å²) in [6, 6.07) is 0.521. The average Bonchev–Trinajstić information content (AvgIpc) is 2.87. The van der Waals surface area contributed by atoms with Gasteiger partial charge in [-0.1, -0.05) is 40.5 Å². The van der Waals surface area contributed by atoms with Gasteiger partial charge in [-0.2, -0.15) is 0 Å². The highest BCUT2D eigenvalue weighted by atomic mass is 16.5. The third kappa shape index (κ3) is 4.12. The first kappa shape index (κ1) is 13.0. The highest BCUT2D eigenvalue weighted by Gasteiger charge is 2.35. The van der Waals surface area contributed by atoms with E-state index in [-0.39, 0.29) is 5.41 Å². The molecule has 0 amide bonds. The van der Waals surface area contributed by atoms with Gasteiger partial charge >= 0.3 is 0 Å². The van der Waals surface area contributed by atoms with Gasteiger partial charge in [0.05, 0.1) is 6.10 Å². The number of hydrogen-bond donors (Lipinski definition) is 1. The van der Waals surface area contributed by atoms with E-state index in [1.165, 1.54) is 19.3 Å². The molecule has 1 fully saturated rings. The first-order chi connectivity index (χ1) is 6.99. The van der Waals surface area contributed by atoms with Crippen molar-refractivity contribution in [1.82, 2.24) is 5.32 Å². The highest BCUT2D eigenvalue weighted by Crippen LogP contribution is 2.36. The minimum Gasteiger partial charge on any atom is -0.379 e. The summed E-state index contributed by atoms with van der Waals surface area (Å²) in [4.78, 5) is 0. The van der Waals surface area contributed by atoms with E-state index < -0.39 is 0 Å². The van der Waals surface area contributed by atoms with Crippen LogP contribution in [0.1, 0.15) is 47.0 Å². The van der Waals surface area contributed by atoms with Crippen LogP contribution in [-0.4, -0.2) is 25.8 Å². The van der Waals surface area contributed by atoms with Gasteiger partial charge in [-0.25, -0.2) is 0 Å². The Hall–Kier alpha value is -0.0800. The maximum absolute atomic E-state index is 5.70. The maximum Gasteiger partial charge on any atom is 0.0772 e. The van der Waals surface area contributed by atoms with Gasteiger partial charge < -0.3 is 10.1 Å². The zero-order valence-corrected chi connectivity index (χ0v) is 11.0. The normalized spacial score (nSPS) is 21.4. The molecule has 1 rings (SSSR count). The molecular weight excluding hydrogens is 186 g/mol. The summed E-state index contributed by atoms with van der Waals surface area (Å²) in [6.07, 6.45) is 4.44. The summed E-state index contributed by atoms with van der Waals surface area (Å²) in [5, 5.41) is 3.59. The SMILES string of the molecule is CCNC(CC1CC1)C(OC)C(C)(C)C. The molecule has 2 unspecified atom stereocenters. The summed E-state index contributed by atoms with van der Waals surface area (Å²) in [6.45, 7) is 10.00. The standard InChI is InChI=1S/C13H27NO/c1-6-14-11(9-10-7-8-10)12(15-5)13(2,3)4/h10-12,14H,6-9H2,1-5H3. The van der Waals surface area contributed by atoms with Crippen LogP contribution in [-0.2, 0) is 4.74 Å². The Kier molecular flexibility index (Phi) is 4.60. The van der Waals surface area contributed by atoms with Gasteiger partial charge in [0.2, 0.25) is 0 Å². The molecule has 1 N–H and O–H groups in total. The van der Waals surface area contributed by atoms with Crippen LogP contribution in [0.3, 0.4) is 0 Å². The molecular formula is C13H27NO. The molecule has 2 heteroatoms. The summed E-state index contributed by atoms with van der Waals surface area (Å²) >= 11 is 0. The van der Waals surface area contributed by atoms with E-state index in [0.717, 1.165) is 12.5 Å². The van der Waals surface area contributed by atoms with Crippen molar-refractivity contribution in [3.8, 4) is 0 Å². The Morgan fingerprint density at radius 3 is 2.27 bits per heavy atom. The maximum atomic E-state index is 5.70. The molecule has 0 bridgehead atoms. The number of likely N-dealkylation sites (N-methyl/N-ethyl adjacent to an activating group) is 1. The molecule has 0 spiro atoms. The lowest BCUT2D eigenvalue weighted by Gasteiger charge is -2.36. The second kappa shape index (κ2) is 5.31. The molecule has 0 aromatic rings. The van der Waals surface area contributed by atoms with Crippen molar-refractivity contribution >= 4 is 0 Å². The fourth-order valence-electron chi connectivity index (χ4n) is 2.41. The number of hydrogen-bond acceptors (Lipinski definition) is 2. The van der Waals surface area contributed by atoms with Crippen LogP contribution in [0.15, 0.2) is 0 Å². The van der Waals surface area contributed by atoms with E-state index in [4.69, 9.17) is 4.74 Å². The van der Waals surface area contributed by atoms with Gasteiger partial charge in [0, 0.05) is 13.2 Å². The van der Waals surface area contributed by atoms with E-state index in [1.54, 1.807) is 0 Å². The van der Waals surface area contributed by atoms with Crippen molar-refractivity contribution in [2.45, 2.75) is 59.1 Å². The third-order valence-corrected chi connectivity index (χ3v) is 3.22. The average molecular weight is 213 g/mol. The predicted molar refractivity (Wildman–Crippen MR) is 65.1 cm³/mol. The topological polar surface area (TPSA) is 21.3 Å². The molecule has 0 heterocycles. The monoisotopic (exact) mass is 213 g/mol. The van der Waals surface area contributed by atoms with Crippen molar-refractivity contribution < 1.29 is 4.74 Å². The van der Waals surface area contributed by atoms with E-state index in [9.17, 15) is 0 Å². The minimum atomic E-state index is 0.219. The van der Waals surface area contributed by atoms with Crippen molar-refractivity contribution in [3.05, 3.63) is 0 Å².